The van der Waals surface area contributed by atoms with Gasteiger partial charge in [-0.25, -0.2) is 4.98 Å². The van der Waals surface area contributed by atoms with Crippen LogP contribution in [0.4, 0.5) is 0 Å². The summed E-state index contributed by atoms with van der Waals surface area (Å²) >= 11 is 0. The first-order valence-electron chi connectivity index (χ1n) is 12.9. The number of fused-ring (bicyclic) bond motifs is 1. The molecule has 2 aliphatic rings. The van der Waals surface area contributed by atoms with E-state index in [1.54, 1.807) is 6.07 Å². The molecule has 0 bridgehead atoms. The standard InChI is InChI=1S/C28H34N4O4/c1-20(26(33)29-11-14-31-15-17-35-18-16-31)21-9-12-32(13-10-21)28(34)23-7-8-24-25(19-23)36-27(30-24)22-5-3-2-4-6-22/h2-8,19-21H,9-18H2,1H3,(H,29,33)/t20-/m1/s1. The van der Waals surface area contributed by atoms with Crippen molar-refractivity contribution in [1.82, 2.24) is 20.1 Å². The maximum atomic E-state index is 13.2. The average molecular weight is 491 g/mol. The molecule has 1 atom stereocenters. The van der Waals surface area contributed by atoms with Crippen molar-refractivity contribution in [2.45, 2.75) is 19.8 Å². The summed E-state index contributed by atoms with van der Waals surface area (Å²) in [6.45, 7) is 8.22. The second kappa shape index (κ2) is 11.2. The van der Waals surface area contributed by atoms with Crippen LogP contribution in [0.15, 0.2) is 52.9 Å². The Balaban J connectivity index is 1.13. The molecule has 2 fully saturated rings. The lowest BCUT2D eigenvalue weighted by molar-refractivity contribution is -0.126. The summed E-state index contributed by atoms with van der Waals surface area (Å²) in [7, 11) is 0. The molecule has 0 unspecified atom stereocenters. The Morgan fingerprint density at radius 1 is 1.06 bits per heavy atom. The number of piperidine rings is 1. The lowest BCUT2D eigenvalue weighted by Crippen LogP contribution is -2.45. The Kier molecular flexibility index (Phi) is 7.63. The molecule has 8 heteroatoms. The van der Waals surface area contributed by atoms with E-state index in [1.807, 2.05) is 54.3 Å². The van der Waals surface area contributed by atoms with Gasteiger partial charge in [-0.15, -0.1) is 0 Å². The molecule has 5 rings (SSSR count). The smallest absolute Gasteiger partial charge is 0.253 e. The van der Waals surface area contributed by atoms with Crippen molar-refractivity contribution in [2.24, 2.45) is 11.8 Å². The maximum Gasteiger partial charge on any atom is 0.253 e. The molecule has 1 aromatic heterocycles. The van der Waals surface area contributed by atoms with Gasteiger partial charge in [-0.1, -0.05) is 25.1 Å². The molecule has 190 valence electrons. The molecule has 2 saturated heterocycles. The highest BCUT2D eigenvalue weighted by Crippen LogP contribution is 2.28. The van der Waals surface area contributed by atoms with Crippen molar-refractivity contribution in [3.05, 3.63) is 54.1 Å². The number of oxazole rings is 1. The first-order chi connectivity index (χ1) is 17.6. The Labute approximate surface area is 211 Å². The highest BCUT2D eigenvalue weighted by atomic mass is 16.5. The predicted molar refractivity (Wildman–Crippen MR) is 138 cm³/mol. The molecule has 0 saturated carbocycles. The van der Waals surface area contributed by atoms with Crippen LogP contribution in [-0.2, 0) is 9.53 Å². The predicted octanol–water partition coefficient (Wildman–Crippen LogP) is 3.43. The molecule has 0 radical (unpaired) electrons. The van der Waals surface area contributed by atoms with E-state index in [-0.39, 0.29) is 23.7 Å². The summed E-state index contributed by atoms with van der Waals surface area (Å²) in [5.74, 6) is 0.874. The molecule has 1 N–H and O–H groups in total. The van der Waals surface area contributed by atoms with Crippen molar-refractivity contribution in [3.63, 3.8) is 0 Å². The molecular weight excluding hydrogens is 456 g/mol. The van der Waals surface area contributed by atoms with E-state index in [4.69, 9.17) is 9.15 Å². The first kappa shape index (κ1) is 24.5. The number of likely N-dealkylation sites (tertiary alicyclic amines) is 1. The van der Waals surface area contributed by atoms with E-state index in [9.17, 15) is 9.59 Å². The van der Waals surface area contributed by atoms with E-state index in [0.29, 0.717) is 36.7 Å². The number of benzene rings is 2. The minimum atomic E-state index is -0.0612. The minimum Gasteiger partial charge on any atom is -0.436 e. The number of hydrogen-bond acceptors (Lipinski definition) is 6. The summed E-state index contributed by atoms with van der Waals surface area (Å²) in [6, 6.07) is 15.2. The molecule has 0 spiro atoms. The quantitative estimate of drug-likeness (QED) is 0.546. The molecule has 2 aromatic carbocycles. The Hall–Kier alpha value is -3.23. The highest BCUT2D eigenvalue weighted by molar-refractivity contribution is 5.97. The summed E-state index contributed by atoms with van der Waals surface area (Å²) in [6.07, 6.45) is 1.65. The highest BCUT2D eigenvalue weighted by Gasteiger charge is 2.30. The molecule has 2 amide bonds. The third-order valence-corrected chi connectivity index (χ3v) is 7.43. The third-order valence-electron chi connectivity index (χ3n) is 7.43. The van der Waals surface area contributed by atoms with Gasteiger partial charge in [-0.05, 0) is 49.1 Å². The summed E-state index contributed by atoms with van der Waals surface area (Å²) in [5, 5.41) is 3.10. The topological polar surface area (TPSA) is 87.9 Å². The molecule has 8 nitrogen and oxygen atoms in total. The SMILES string of the molecule is C[C@@H](C(=O)NCCN1CCOCC1)C1CCN(C(=O)c2ccc3nc(-c4ccccc4)oc3c2)CC1. The summed E-state index contributed by atoms with van der Waals surface area (Å²) < 4.78 is 11.3. The Morgan fingerprint density at radius 3 is 2.56 bits per heavy atom. The number of rotatable bonds is 7. The average Bonchev–Trinajstić information content (AvgIpc) is 3.37. The van der Waals surface area contributed by atoms with Gasteiger partial charge in [-0.2, -0.15) is 0 Å². The number of nitrogens with one attached hydrogen (secondary N) is 1. The van der Waals surface area contributed by atoms with E-state index < -0.39 is 0 Å². The van der Waals surface area contributed by atoms with Gasteiger partial charge in [0.15, 0.2) is 5.58 Å². The normalized spacial score (nSPS) is 18.3. The summed E-state index contributed by atoms with van der Waals surface area (Å²) in [5.41, 5.74) is 2.85. The summed E-state index contributed by atoms with van der Waals surface area (Å²) in [4.78, 5) is 34.6. The van der Waals surface area contributed by atoms with Crippen LogP contribution < -0.4 is 5.32 Å². The molecule has 36 heavy (non-hydrogen) atoms. The fraction of sp³-hybridized carbons (Fsp3) is 0.464. The second-order valence-corrected chi connectivity index (χ2v) is 9.73. The molecule has 2 aliphatic heterocycles. The Bertz CT molecular complexity index is 1180. The second-order valence-electron chi connectivity index (χ2n) is 9.73. The molecular formula is C28H34N4O4. The van der Waals surface area contributed by atoms with Crippen LogP contribution in [0.2, 0.25) is 0 Å². The number of nitrogens with zero attached hydrogens (tertiary/aromatic N) is 3. The molecule has 0 aliphatic carbocycles. The van der Waals surface area contributed by atoms with Crippen molar-refractivity contribution >= 4 is 22.9 Å². The lowest BCUT2D eigenvalue weighted by Gasteiger charge is -2.34. The van der Waals surface area contributed by atoms with Crippen LogP contribution in [0.5, 0.6) is 0 Å². The van der Waals surface area contributed by atoms with Gasteiger partial charge in [0.1, 0.15) is 5.52 Å². The van der Waals surface area contributed by atoms with Gasteiger partial charge in [0.05, 0.1) is 13.2 Å². The van der Waals surface area contributed by atoms with Gasteiger partial charge in [0, 0.05) is 56.3 Å². The Morgan fingerprint density at radius 2 is 1.81 bits per heavy atom. The van der Waals surface area contributed by atoms with E-state index in [0.717, 1.165) is 56.8 Å². The number of morpholine rings is 1. The van der Waals surface area contributed by atoms with Gasteiger partial charge in [0.25, 0.3) is 5.91 Å². The van der Waals surface area contributed by atoms with Crippen LogP contribution in [-0.4, -0.2) is 79.1 Å². The van der Waals surface area contributed by atoms with Crippen molar-refractivity contribution in [2.75, 3.05) is 52.5 Å². The van der Waals surface area contributed by atoms with Crippen LogP contribution in [0.25, 0.3) is 22.6 Å². The fourth-order valence-corrected chi connectivity index (χ4v) is 5.08. The maximum absolute atomic E-state index is 13.2. The zero-order chi connectivity index (χ0) is 24.9. The lowest BCUT2D eigenvalue weighted by atomic mass is 9.84. The fourth-order valence-electron chi connectivity index (χ4n) is 5.08. The number of amides is 2. The van der Waals surface area contributed by atoms with Gasteiger partial charge >= 0.3 is 0 Å². The number of ether oxygens (including phenoxy) is 1. The van der Waals surface area contributed by atoms with Gasteiger partial charge < -0.3 is 19.4 Å². The number of aromatic nitrogens is 1. The van der Waals surface area contributed by atoms with Crippen LogP contribution in [0, 0.1) is 11.8 Å². The van der Waals surface area contributed by atoms with Crippen molar-refractivity contribution in [1.29, 1.82) is 0 Å². The molecule has 3 aromatic rings. The molecule has 3 heterocycles. The zero-order valence-electron chi connectivity index (χ0n) is 20.8. The largest absolute Gasteiger partial charge is 0.436 e. The minimum absolute atomic E-state index is 0.00405. The number of hydrogen-bond donors (Lipinski definition) is 1. The van der Waals surface area contributed by atoms with E-state index in [1.165, 1.54) is 0 Å². The van der Waals surface area contributed by atoms with Crippen LogP contribution in [0.3, 0.4) is 0 Å². The van der Waals surface area contributed by atoms with Crippen molar-refractivity contribution in [3.8, 4) is 11.5 Å². The van der Waals surface area contributed by atoms with Crippen LogP contribution >= 0.6 is 0 Å². The van der Waals surface area contributed by atoms with Gasteiger partial charge in [0.2, 0.25) is 11.8 Å². The number of carbonyl (C=O) groups excluding carboxylic acids is 2. The number of carbonyl (C=O) groups is 2. The monoisotopic (exact) mass is 490 g/mol. The van der Waals surface area contributed by atoms with Crippen molar-refractivity contribution < 1.29 is 18.7 Å². The zero-order valence-corrected chi connectivity index (χ0v) is 20.8. The van der Waals surface area contributed by atoms with E-state index >= 15 is 0 Å². The van der Waals surface area contributed by atoms with Crippen LogP contribution in [0.1, 0.15) is 30.1 Å². The third kappa shape index (κ3) is 5.60. The van der Waals surface area contributed by atoms with Gasteiger partial charge in [-0.3, -0.25) is 14.5 Å². The van der Waals surface area contributed by atoms with E-state index in [2.05, 4.69) is 15.2 Å². The first-order valence-corrected chi connectivity index (χ1v) is 12.9.